The van der Waals surface area contributed by atoms with Crippen LogP contribution in [0.2, 0.25) is 0 Å². The minimum absolute atomic E-state index is 0.0976. The van der Waals surface area contributed by atoms with Crippen LogP contribution in [0.5, 0.6) is 0 Å². The quantitative estimate of drug-likeness (QED) is 0.315. The average Bonchev–Trinajstić information content (AvgIpc) is 3.11. The highest BCUT2D eigenvalue weighted by Gasteiger charge is 2.34. The highest BCUT2D eigenvalue weighted by molar-refractivity contribution is 6.21. The molecule has 0 aromatic carbocycles. The van der Waals surface area contributed by atoms with E-state index in [1.165, 1.54) is 32.1 Å². The Morgan fingerprint density at radius 2 is 1.79 bits per heavy atom. The lowest BCUT2D eigenvalue weighted by Crippen LogP contribution is -2.52. The van der Waals surface area contributed by atoms with Crippen molar-refractivity contribution in [2.24, 2.45) is 16.8 Å². The second-order valence-corrected chi connectivity index (χ2v) is 10.5. The normalized spacial score (nSPS) is 34.8. The van der Waals surface area contributed by atoms with E-state index in [0.29, 0.717) is 30.8 Å². The molecule has 2 saturated carbocycles. The number of alkyl halides is 2. The van der Waals surface area contributed by atoms with Crippen molar-refractivity contribution in [1.82, 2.24) is 21.5 Å². The Hall–Kier alpha value is -0.920. The number of carbonyl (C=O) groups is 1. The molecular weight excluding hydrogens is 393 g/mol. The smallest absolute Gasteiger partial charge is 0.229 e. The Morgan fingerprint density at radius 1 is 1.07 bits per heavy atom. The maximum atomic E-state index is 14.0. The summed E-state index contributed by atoms with van der Waals surface area (Å²) in [7, 11) is 0. The highest BCUT2D eigenvalue weighted by Crippen LogP contribution is 2.31. The molecule has 0 aromatic heterocycles. The molecule has 4 N–H and O–H groups in total. The molecule has 166 valence electrons. The molecule has 8 heteroatoms. The lowest BCUT2D eigenvalue weighted by atomic mass is 9.83. The standard InChI is InChI=1S/C21H37ClFN5O/c1-21(2,3)26-20(25-19(29)14-9-10-15(22)16(23)11-14)24-18-12-17(27-28-18)13-7-5-4-6-8-13/h13-18,27-28H,4-12H2,1-3H3,(H2,24,25,26,29). The van der Waals surface area contributed by atoms with E-state index in [1.54, 1.807) is 0 Å². The van der Waals surface area contributed by atoms with Crippen molar-refractivity contribution >= 4 is 23.5 Å². The van der Waals surface area contributed by atoms with Gasteiger partial charge in [0.2, 0.25) is 5.91 Å². The van der Waals surface area contributed by atoms with E-state index in [9.17, 15) is 9.18 Å². The van der Waals surface area contributed by atoms with E-state index < -0.39 is 11.5 Å². The van der Waals surface area contributed by atoms with Gasteiger partial charge in [-0.3, -0.25) is 15.5 Å². The summed E-state index contributed by atoms with van der Waals surface area (Å²) in [6, 6.07) is 0.418. The molecule has 0 spiro atoms. The van der Waals surface area contributed by atoms with Gasteiger partial charge >= 0.3 is 0 Å². The molecule has 1 aliphatic heterocycles. The number of hydrogen-bond donors (Lipinski definition) is 4. The second-order valence-electron chi connectivity index (χ2n) is 9.93. The number of hydrazine groups is 1. The molecule has 3 aliphatic rings. The van der Waals surface area contributed by atoms with Gasteiger partial charge in [0, 0.05) is 23.9 Å². The average molecular weight is 430 g/mol. The van der Waals surface area contributed by atoms with Gasteiger partial charge in [0.05, 0.1) is 5.38 Å². The van der Waals surface area contributed by atoms with Gasteiger partial charge in [0.25, 0.3) is 0 Å². The summed E-state index contributed by atoms with van der Waals surface area (Å²) in [6.45, 7) is 6.07. The number of nitrogens with zero attached hydrogens (tertiary/aromatic N) is 1. The van der Waals surface area contributed by atoms with Gasteiger partial charge < -0.3 is 5.32 Å². The summed E-state index contributed by atoms with van der Waals surface area (Å²) in [5.41, 5.74) is 6.44. The maximum absolute atomic E-state index is 14.0. The molecule has 5 atom stereocenters. The van der Waals surface area contributed by atoms with E-state index in [0.717, 1.165) is 6.42 Å². The molecule has 1 amide bonds. The van der Waals surface area contributed by atoms with E-state index in [-0.39, 0.29) is 30.0 Å². The Bertz CT molecular complexity index is 590. The fraction of sp³-hybridized carbons (Fsp3) is 0.905. The summed E-state index contributed by atoms with van der Waals surface area (Å²) < 4.78 is 14.0. The van der Waals surface area contributed by atoms with Crippen LogP contribution in [0.1, 0.15) is 78.6 Å². The molecular formula is C21H37ClFN5O. The first-order chi connectivity index (χ1) is 13.7. The molecule has 29 heavy (non-hydrogen) atoms. The number of aliphatic imine (C=N–C) groups is 1. The molecule has 1 saturated heterocycles. The van der Waals surface area contributed by atoms with Crippen LogP contribution < -0.4 is 21.5 Å². The minimum Gasteiger partial charge on any atom is -0.351 e. The van der Waals surface area contributed by atoms with Crippen LogP contribution in [0.3, 0.4) is 0 Å². The van der Waals surface area contributed by atoms with Crippen molar-refractivity contribution in [3.63, 3.8) is 0 Å². The van der Waals surface area contributed by atoms with Gasteiger partial charge in [-0.2, -0.15) is 0 Å². The largest absolute Gasteiger partial charge is 0.351 e. The third-order valence-corrected chi connectivity index (χ3v) is 6.71. The first kappa shape index (κ1) is 22.8. The number of amides is 1. The Balaban J connectivity index is 1.61. The third kappa shape index (κ3) is 6.79. The van der Waals surface area contributed by atoms with Crippen molar-refractivity contribution in [1.29, 1.82) is 0 Å². The molecule has 0 bridgehead atoms. The number of hydrogen-bond acceptors (Lipinski definition) is 4. The van der Waals surface area contributed by atoms with E-state index in [2.05, 4.69) is 21.5 Å². The van der Waals surface area contributed by atoms with Crippen LogP contribution in [-0.2, 0) is 4.79 Å². The minimum atomic E-state index is -1.13. The van der Waals surface area contributed by atoms with Gasteiger partial charge in [0.15, 0.2) is 5.96 Å². The van der Waals surface area contributed by atoms with Crippen LogP contribution in [0, 0.1) is 11.8 Å². The number of rotatable bonds is 3. The Morgan fingerprint density at radius 3 is 2.45 bits per heavy atom. The Labute approximate surface area is 179 Å². The van der Waals surface area contributed by atoms with E-state index in [1.807, 2.05) is 20.8 Å². The highest BCUT2D eigenvalue weighted by atomic mass is 35.5. The number of carbonyl (C=O) groups excluding carboxylic acids is 1. The van der Waals surface area contributed by atoms with Gasteiger partial charge in [-0.25, -0.2) is 14.8 Å². The third-order valence-electron chi connectivity index (χ3n) is 6.22. The van der Waals surface area contributed by atoms with Crippen LogP contribution in [0.4, 0.5) is 4.39 Å². The molecule has 5 unspecified atom stereocenters. The van der Waals surface area contributed by atoms with Gasteiger partial charge in [-0.15, -0.1) is 11.6 Å². The number of nitrogens with one attached hydrogen (secondary N) is 4. The summed E-state index contributed by atoms with van der Waals surface area (Å²) >= 11 is 5.96. The van der Waals surface area contributed by atoms with Crippen LogP contribution in [0.25, 0.3) is 0 Å². The first-order valence-corrected chi connectivity index (χ1v) is 11.6. The predicted molar refractivity (Wildman–Crippen MR) is 115 cm³/mol. The fourth-order valence-corrected chi connectivity index (χ4v) is 4.86. The monoisotopic (exact) mass is 429 g/mol. The summed E-state index contributed by atoms with van der Waals surface area (Å²) in [5, 5.41) is 5.74. The topological polar surface area (TPSA) is 77.6 Å². The van der Waals surface area contributed by atoms with Crippen LogP contribution >= 0.6 is 11.6 Å². The molecule has 2 aliphatic carbocycles. The number of halogens is 2. The molecule has 1 heterocycles. The van der Waals surface area contributed by atoms with E-state index >= 15 is 0 Å². The number of guanidine groups is 1. The van der Waals surface area contributed by atoms with Crippen molar-refractivity contribution < 1.29 is 9.18 Å². The summed E-state index contributed by atoms with van der Waals surface area (Å²) in [6.07, 6.45) is 7.49. The molecule has 3 fully saturated rings. The molecule has 0 aromatic rings. The van der Waals surface area contributed by atoms with Gasteiger partial charge in [-0.1, -0.05) is 19.3 Å². The van der Waals surface area contributed by atoms with Gasteiger partial charge in [0.1, 0.15) is 12.3 Å². The van der Waals surface area contributed by atoms with Gasteiger partial charge in [-0.05, 0) is 58.8 Å². The molecule has 0 radical (unpaired) electrons. The zero-order valence-corrected chi connectivity index (χ0v) is 18.7. The second kappa shape index (κ2) is 9.92. The predicted octanol–water partition coefficient (Wildman–Crippen LogP) is 3.37. The van der Waals surface area contributed by atoms with E-state index in [4.69, 9.17) is 16.6 Å². The van der Waals surface area contributed by atoms with Crippen LogP contribution in [-0.4, -0.2) is 41.2 Å². The molecule has 3 rings (SSSR count). The zero-order valence-electron chi connectivity index (χ0n) is 17.9. The van der Waals surface area contributed by atoms with Crippen molar-refractivity contribution in [2.45, 2.75) is 108 Å². The summed E-state index contributed by atoms with van der Waals surface area (Å²) in [4.78, 5) is 17.5. The summed E-state index contributed by atoms with van der Waals surface area (Å²) in [5.74, 6) is 0.602. The first-order valence-electron chi connectivity index (χ1n) is 11.2. The lowest BCUT2D eigenvalue weighted by molar-refractivity contribution is -0.125. The van der Waals surface area contributed by atoms with Crippen LogP contribution in [0.15, 0.2) is 4.99 Å². The molecule has 6 nitrogen and oxygen atoms in total. The maximum Gasteiger partial charge on any atom is 0.229 e. The zero-order chi connectivity index (χ0) is 21.0. The van der Waals surface area contributed by atoms with Crippen molar-refractivity contribution in [2.75, 3.05) is 0 Å². The fourth-order valence-electron chi connectivity index (χ4n) is 4.64. The van der Waals surface area contributed by atoms with Crippen molar-refractivity contribution in [3.8, 4) is 0 Å². The SMILES string of the molecule is CC(C)(C)N/C(=N\C1CC(C2CCCCC2)NN1)NC(=O)C1CCC(Cl)C(F)C1. The van der Waals surface area contributed by atoms with Crippen molar-refractivity contribution in [3.05, 3.63) is 0 Å². The lowest BCUT2D eigenvalue weighted by Gasteiger charge is -2.29. The Kier molecular flexibility index (Phi) is 7.79.